The number of hydrogen-bond acceptors (Lipinski definition) is 3. The highest BCUT2D eigenvalue weighted by molar-refractivity contribution is 5.83. The summed E-state index contributed by atoms with van der Waals surface area (Å²) in [6.07, 6.45) is 2.14. The van der Waals surface area contributed by atoms with E-state index in [4.69, 9.17) is 10.9 Å². The third kappa shape index (κ3) is 3.60. The first-order valence-corrected chi connectivity index (χ1v) is 5.61. The van der Waals surface area contributed by atoms with Gasteiger partial charge in [0.25, 0.3) is 0 Å². The van der Waals surface area contributed by atoms with Gasteiger partial charge >= 0.3 is 6.03 Å². The number of nitrogens with one attached hydrogen (secondary N) is 1. The molecule has 1 saturated carbocycles. The normalized spacial score (nSPS) is 18.0. The predicted molar refractivity (Wildman–Crippen MR) is 61.4 cm³/mol. The van der Waals surface area contributed by atoms with Gasteiger partial charge in [-0.1, -0.05) is 12.1 Å². The van der Waals surface area contributed by atoms with Crippen molar-refractivity contribution in [2.45, 2.75) is 32.7 Å². The second-order valence-corrected chi connectivity index (χ2v) is 4.19. The summed E-state index contributed by atoms with van der Waals surface area (Å²) in [7, 11) is 0. The van der Waals surface area contributed by atoms with Crippen LogP contribution in [-0.4, -0.2) is 41.1 Å². The zero-order chi connectivity index (χ0) is 12.1. The molecule has 1 atom stereocenters. The maximum Gasteiger partial charge on any atom is 0.317 e. The zero-order valence-electron chi connectivity index (χ0n) is 9.81. The fraction of sp³-hybridized carbons (Fsp3) is 0.800. The molecule has 1 rings (SSSR count). The molecule has 0 bridgehead atoms. The minimum absolute atomic E-state index is 0.0670. The first-order valence-electron chi connectivity index (χ1n) is 5.61. The molecule has 1 unspecified atom stereocenters. The second kappa shape index (κ2) is 5.58. The topological polar surface area (TPSA) is 90.9 Å². The number of rotatable bonds is 5. The molecule has 1 aliphatic rings. The van der Waals surface area contributed by atoms with E-state index in [-0.39, 0.29) is 17.8 Å². The van der Waals surface area contributed by atoms with Crippen molar-refractivity contribution in [3.05, 3.63) is 0 Å². The zero-order valence-corrected chi connectivity index (χ0v) is 9.81. The highest BCUT2D eigenvalue weighted by Crippen LogP contribution is 2.19. The maximum atomic E-state index is 11.7. The molecule has 1 fully saturated rings. The van der Waals surface area contributed by atoms with E-state index in [9.17, 15) is 4.79 Å². The number of amides is 2. The minimum atomic E-state index is -0.144. The Balaban J connectivity index is 2.43. The number of hydrogen-bond donors (Lipinski definition) is 3. The quantitative estimate of drug-likeness (QED) is 0.278. The van der Waals surface area contributed by atoms with E-state index in [1.165, 1.54) is 0 Å². The molecular formula is C10H20N4O2. The lowest BCUT2D eigenvalue weighted by Gasteiger charge is -2.24. The van der Waals surface area contributed by atoms with Gasteiger partial charge in [0.05, 0.1) is 0 Å². The molecule has 0 heterocycles. The molecule has 92 valence electrons. The molecule has 0 saturated heterocycles. The summed E-state index contributed by atoms with van der Waals surface area (Å²) in [5, 5.41) is 14.4. The molecular weight excluding hydrogens is 208 g/mol. The van der Waals surface area contributed by atoms with Crippen LogP contribution in [0, 0.1) is 5.92 Å². The van der Waals surface area contributed by atoms with E-state index in [2.05, 4.69) is 10.5 Å². The van der Waals surface area contributed by atoms with Crippen molar-refractivity contribution < 1.29 is 10.0 Å². The van der Waals surface area contributed by atoms with Crippen LogP contribution in [-0.2, 0) is 0 Å². The molecule has 2 amide bonds. The molecule has 0 spiro atoms. The Morgan fingerprint density at radius 2 is 2.31 bits per heavy atom. The third-order valence-corrected chi connectivity index (χ3v) is 2.69. The average Bonchev–Trinajstić information content (AvgIpc) is 3.07. The Kier molecular flexibility index (Phi) is 4.39. The lowest BCUT2D eigenvalue weighted by Crippen LogP contribution is -2.44. The first-order chi connectivity index (χ1) is 7.58. The molecule has 0 radical (unpaired) electrons. The highest BCUT2D eigenvalue weighted by Gasteiger charge is 2.26. The van der Waals surface area contributed by atoms with Gasteiger partial charge in [0.2, 0.25) is 0 Å². The molecule has 0 aromatic carbocycles. The summed E-state index contributed by atoms with van der Waals surface area (Å²) in [5.41, 5.74) is 5.47. The molecule has 4 N–H and O–H groups in total. The Labute approximate surface area is 95.5 Å². The van der Waals surface area contributed by atoms with Gasteiger partial charge in [-0.25, -0.2) is 4.79 Å². The van der Waals surface area contributed by atoms with Crippen molar-refractivity contribution in [1.29, 1.82) is 0 Å². The fourth-order valence-electron chi connectivity index (χ4n) is 1.37. The van der Waals surface area contributed by atoms with Crippen LogP contribution in [0.5, 0.6) is 0 Å². The Hall–Kier alpha value is -1.46. The summed E-state index contributed by atoms with van der Waals surface area (Å²) < 4.78 is 0. The molecule has 0 aromatic heterocycles. The van der Waals surface area contributed by atoms with Crippen molar-refractivity contribution in [2.75, 3.05) is 13.1 Å². The van der Waals surface area contributed by atoms with Gasteiger partial charge in [-0.3, -0.25) is 0 Å². The Bertz CT molecular complexity index is 276. The van der Waals surface area contributed by atoms with Gasteiger partial charge in [-0.15, -0.1) is 0 Å². The van der Waals surface area contributed by atoms with Crippen LogP contribution in [0.15, 0.2) is 5.16 Å². The summed E-state index contributed by atoms with van der Waals surface area (Å²) in [5.74, 6) is 0.00701. The number of oxime groups is 1. The van der Waals surface area contributed by atoms with Crippen LogP contribution in [0.4, 0.5) is 4.79 Å². The summed E-state index contributed by atoms with van der Waals surface area (Å²) in [4.78, 5) is 13.4. The number of nitrogens with zero attached hydrogens (tertiary/aromatic N) is 2. The van der Waals surface area contributed by atoms with E-state index < -0.39 is 0 Å². The van der Waals surface area contributed by atoms with Crippen molar-refractivity contribution in [3.8, 4) is 0 Å². The van der Waals surface area contributed by atoms with Gasteiger partial charge in [0, 0.05) is 25.0 Å². The van der Waals surface area contributed by atoms with Crippen molar-refractivity contribution in [2.24, 2.45) is 16.8 Å². The van der Waals surface area contributed by atoms with Gasteiger partial charge < -0.3 is 21.2 Å². The largest absolute Gasteiger partial charge is 0.409 e. The summed E-state index contributed by atoms with van der Waals surface area (Å²) in [6.45, 7) is 4.81. The lowest BCUT2D eigenvalue weighted by molar-refractivity contribution is 0.196. The Morgan fingerprint density at radius 1 is 1.69 bits per heavy atom. The molecule has 0 aliphatic heterocycles. The van der Waals surface area contributed by atoms with E-state index >= 15 is 0 Å². The summed E-state index contributed by atoms with van der Waals surface area (Å²) in [6, 6.07) is 0.281. The number of nitrogens with two attached hydrogens (primary N) is 1. The van der Waals surface area contributed by atoms with Crippen LogP contribution < -0.4 is 11.1 Å². The average molecular weight is 228 g/mol. The molecule has 0 aromatic rings. The summed E-state index contributed by atoms with van der Waals surface area (Å²) >= 11 is 0. The molecule has 16 heavy (non-hydrogen) atoms. The Morgan fingerprint density at radius 3 is 2.75 bits per heavy atom. The van der Waals surface area contributed by atoms with E-state index in [0.717, 1.165) is 12.8 Å². The second-order valence-electron chi connectivity index (χ2n) is 4.19. The SMILES string of the molecule is CCN(CC(C)C(N)=NO)C(=O)NC1CC1. The van der Waals surface area contributed by atoms with Crippen molar-refractivity contribution >= 4 is 11.9 Å². The minimum Gasteiger partial charge on any atom is -0.409 e. The van der Waals surface area contributed by atoms with Crippen molar-refractivity contribution in [1.82, 2.24) is 10.2 Å². The third-order valence-electron chi connectivity index (χ3n) is 2.69. The predicted octanol–water partition coefficient (Wildman–Crippen LogP) is 0.563. The lowest BCUT2D eigenvalue weighted by atomic mass is 10.1. The van der Waals surface area contributed by atoms with E-state index in [1.54, 1.807) is 4.90 Å². The fourth-order valence-corrected chi connectivity index (χ4v) is 1.37. The first kappa shape index (κ1) is 12.6. The highest BCUT2D eigenvalue weighted by atomic mass is 16.4. The van der Waals surface area contributed by atoms with Gasteiger partial charge in [0.1, 0.15) is 5.84 Å². The van der Waals surface area contributed by atoms with Crippen LogP contribution in [0.2, 0.25) is 0 Å². The standard InChI is InChI=1S/C10H20N4O2/c1-3-14(6-7(2)9(11)13-16)10(15)12-8-4-5-8/h7-8,16H,3-6H2,1-2H3,(H2,11,13)(H,12,15). The maximum absolute atomic E-state index is 11.7. The van der Waals surface area contributed by atoms with Crippen LogP contribution in [0.1, 0.15) is 26.7 Å². The molecule has 1 aliphatic carbocycles. The number of urea groups is 1. The van der Waals surface area contributed by atoms with Crippen LogP contribution in [0.3, 0.4) is 0 Å². The van der Waals surface area contributed by atoms with Crippen LogP contribution in [0.25, 0.3) is 0 Å². The van der Waals surface area contributed by atoms with Crippen LogP contribution >= 0.6 is 0 Å². The monoisotopic (exact) mass is 228 g/mol. The number of carbonyl (C=O) groups is 1. The van der Waals surface area contributed by atoms with Gasteiger partial charge in [0.15, 0.2) is 0 Å². The number of amidine groups is 1. The number of carbonyl (C=O) groups excluding carboxylic acids is 1. The van der Waals surface area contributed by atoms with E-state index in [1.807, 2.05) is 13.8 Å². The van der Waals surface area contributed by atoms with Gasteiger partial charge in [-0.05, 0) is 19.8 Å². The molecule has 6 nitrogen and oxygen atoms in total. The molecule has 6 heteroatoms. The smallest absolute Gasteiger partial charge is 0.317 e. The van der Waals surface area contributed by atoms with Gasteiger partial charge in [-0.2, -0.15) is 0 Å². The van der Waals surface area contributed by atoms with Crippen molar-refractivity contribution in [3.63, 3.8) is 0 Å². The van der Waals surface area contributed by atoms with E-state index in [0.29, 0.717) is 19.1 Å².